The van der Waals surface area contributed by atoms with E-state index in [1.54, 1.807) is 37.8 Å². The van der Waals surface area contributed by atoms with Crippen LogP contribution in [0.4, 0.5) is 5.82 Å². The van der Waals surface area contributed by atoms with Crippen LogP contribution < -0.4 is 10.1 Å². The summed E-state index contributed by atoms with van der Waals surface area (Å²) in [6.45, 7) is 0. The summed E-state index contributed by atoms with van der Waals surface area (Å²) >= 11 is 0. The first kappa shape index (κ1) is 13.0. The van der Waals surface area contributed by atoms with Crippen molar-refractivity contribution < 1.29 is 9.53 Å². The summed E-state index contributed by atoms with van der Waals surface area (Å²) < 4.78 is 5.07. The summed E-state index contributed by atoms with van der Waals surface area (Å²) in [5, 5.41) is 2.74. The molecule has 0 spiro atoms. The predicted octanol–water partition coefficient (Wildman–Crippen LogP) is 2.06. The third-order valence-corrected chi connectivity index (χ3v) is 2.62. The quantitative estimate of drug-likeness (QED) is 0.890. The largest absolute Gasteiger partial charge is 0.497 e. The zero-order valence-corrected chi connectivity index (χ0v) is 10.7. The average molecular weight is 257 g/mol. The Kier molecular flexibility index (Phi) is 4.44. The van der Waals surface area contributed by atoms with Crippen LogP contribution in [0.5, 0.6) is 5.75 Å². The molecule has 5 heteroatoms. The van der Waals surface area contributed by atoms with Gasteiger partial charge in [-0.15, -0.1) is 0 Å². The van der Waals surface area contributed by atoms with Crippen LogP contribution in [0, 0.1) is 0 Å². The molecule has 0 aliphatic heterocycles. The third kappa shape index (κ3) is 4.06. The molecule has 1 amide bonds. The van der Waals surface area contributed by atoms with Gasteiger partial charge in [-0.2, -0.15) is 0 Å². The van der Waals surface area contributed by atoms with Gasteiger partial charge < -0.3 is 10.1 Å². The van der Waals surface area contributed by atoms with E-state index in [9.17, 15) is 4.79 Å². The molecule has 0 atom stereocenters. The van der Waals surface area contributed by atoms with Crippen molar-refractivity contribution in [3.8, 4) is 5.75 Å². The van der Waals surface area contributed by atoms with Gasteiger partial charge in [-0.25, -0.2) is 4.98 Å². The standard InChI is InChI=1S/C14H15N3O2/c1-19-12-6-9-16-13(10-12)17-14(18)3-2-11-4-7-15-8-5-11/h4-10H,2-3H2,1H3,(H,16,17,18). The van der Waals surface area contributed by atoms with E-state index in [0.717, 1.165) is 5.56 Å². The molecule has 0 saturated heterocycles. The molecule has 2 aromatic rings. The molecular weight excluding hydrogens is 242 g/mol. The number of nitrogens with zero attached hydrogens (tertiary/aromatic N) is 2. The molecule has 2 aromatic heterocycles. The van der Waals surface area contributed by atoms with E-state index in [-0.39, 0.29) is 5.91 Å². The third-order valence-electron chi connectivity index (χ3n) is 2.62. The van der Waals surface area contributed by atoms with Gasteiger partial charge >= 0.3 is 0 Å². The zero-order chi connectivity index (χ0) is 13.5. The molecule has 0 unspecified atom stereocenters. The first-order valence-electron chi connectivity index (χ1n) is 5.97. The van der Waals surface area contributed by atoms with E-state index < -0.39 is 0 Å². The molecule has 19 heavy (non-hydrogen) atoms. The van der Waals surface area contributed by atoms with Crippen molar-refractivity contribution in [1.82, 2.24) is 9.97 Å². The lowest BCUT2D eigenvalue weighted by Gasteiger charge is -2.06. The smallest absolute Gasteiger partial charge is 0.225 e. The van der Waals surface area contributed by atoms with Crippen molar-refractivity contribution >= 4 is 11.7 Å². The van der Waals surface area contributed by atoms with Crippen molar-refractivity contribution in [2.75, 3.05) is 12.4 Å². The first-order chi connectivity index (χ1) is 9.28. The number of amides is 1. The molecule has 0 fully saturated rings. The van der Waals surface area contributed by atoms with Gasteiger partial charge in [0.25, 0.3) is 0 Å². The van der Waals surface area contributed by atoms with Crippen molar-refractivity contribution in [1.29, 1.82) is 0 Å². The molecule has 0 bridgehead atoms. The topological polar surface area (TPSA) is 64.1 Å². The van der Waals surface area contributed by atoms with E-state index in [1.165, 1.54) is 0 Å². The summed E-state index contributed by atoms with van der Waals surface area (Å²) in [5.41, 5.74) is 1.09. The molecule has 2 rings (SSSR count). The fourth-order valence-electron chi connectivity index (χ4n) is 1.62. The fraction of sp³-hybridized carbons (Fsp3) is 0.214. The molecule has 0 aliphatic carbocycles. The molecule has 2 heterocycles. The maximum absolute atomic E-state index is 11.8. The number of hydrogen-bond acceptors (Lipinski definition) is 4. The van der Waals surface area contributed by atoms with Crippen LogP contribution in [-0.2, 0) is 11.2 Å². The highest BCUT2D eigenvalue weighted by Crippen LogP contribution is 2.14. The number of methoxy groups -OCH3 is 1. The lowest BCUT2D eigenvalue weighted by molar-refractivity contribution is -0.116. The summed E-state index contributed by atoms with van der Waals surface area (Å²) in [7, 11) is 1.57. The highest BCUT2D eigenvalue weighted by atomic mass is 16.5. The van der Waals surface area contributed by atoms with Gasteiger partial charge in [-0.1, -0.05) is 0 Å². The Bertz CT molecular complexity index is 543. The second-order valence-electron chi connectivity index (χ2n) is 3.98. The lowest BCUT2D eigenvalue weighted by atomic mass is 10.1. The molecule has 5 nitrogen and oxygen atoms in total. The number of aryl methyl sites for hydroxylation is 1. The monoisotopic (exact) mass is 257 g/mol. The maximum Gasteiger partial charge on any atom is 0.225 e. The van der Waals surface area contributed by atoms with Crippen LogP contribution in [0.1, 0.15) is 12.0 Å². The van der Waals surface area contributed by atoms with Gasteiger partial charge in [0, 0.05) is 31.1 Å². The molecule has 1 N–H and O–H groups in total. The number of pyridine rings is 2. The minimum atomic E-state index is -0.0717. The number of rotatable bonds is 5. The summed E-state index contributed by atoms with van der Waals surface area (Å²) in [5.74, 6) is 1.09. The van der Waals surface area contributed by atoms with Crippen molar-refractivity contribution in [2.24, 2.45) is 0 Å². The number of nitrogens with one attached hydrogen (secondary N) is 1. The molecular formula is C14H15N3O2. The summed E-state index contributed by atoms with van der Waals surface area (Å²) in [6, 6.07) is 7.21. The number of ether oxygens (including phenoxy) is 1. The first-order valence-corrected chi connectivity index (χ1v) is 5.97. The van der Waals surface area contributed by atoms with Gasteiger partial charge in [0.2, 0.25) is 5.91 Å². The van der Waals surface area contributed by atoms with Gasteiger partial charge in [-0.3, -0.25) is 9.78 Å². The highest BCUT2D eigenvalue weighted by molar-refractivity contribution is 5.90. The maximum atomic E-state index is 11.8. The van der Waals surface area contributed by atoms with E-state index in [4.69, 9.17) is 4.74 Å². The molecule has 0 radical (unpaired) electrons. The van der Waals surface area contributed by atoms with Crippen molar-refractivity contribution in [3.63, 3.8) is 0 Å². The van der Waals surface area contributed by atoms with Gasteiger partial charge in [-0.05, 0) is 30.2 Å². The van der Waals surface area contributed by atoms with Crippen LogP contribution in [-0.4, -0.2) is 23.0 Å². The number of carbonyl (C=O) groups excluding carboxylic acids is 1. The Labute approximate surface area is 111 Å². The summed E-state index contributed by atoms with van der Waals surface area (Å²) in [6.07, 6.45) is 6.12. The molecule has 98 valence electrons. The Morgan fingerprint density at radius 3 is 2.79 bits per heavy atom. The van der Waals surface area contributed by atoms with Gasteiger partial charge in [0.1, 0.15) is 11.6 Å². The van der Waals surface area contributed by atoms with E-state index >= 15 is 0 Å². The Morgan fingerprint density at radius 2 is 2.05 bits per heavy atom. The van der Waals surface area contributed by atoms with E-state index in [1.807, 2.05) is 12.1 Å². The Morgan fingerprint density at radius 1 is 1.26 bits per heavy atom. The minimum absolute atomic E-state index is 0.0717. The molecule has 0 saturated carbocycles. The minimum Gasteiger partial charge on any atom is -0.497 e. The lowest BCUT2D eigenvalue weighted by Crippen LogP contribution is -2.13. The van der Waals surface area contributed by atoms with Crippen LogP contribution in [0.3, 0.4) is 0 Å². The molecule has 0 aliphatic rings. The second kappa shape index (κ2) is 6.49. The number of carbonyl (C=O) groups is 1. The molecule has 0 aromatic carbocycles. The SMILES string of the molecule is COc1ccnc(NC(=O)CCc2ccncc2)c1. The van der Waals surface area contributed by atoms with Crippen LogP contribution in [0.15, 0.2) is 42.9 Å². The Hall–Kier alpha value is -2.43. The number of aromatic nitrogens is 2. The van der Waals surface area contributed by atoms with E-state index in [2.05, 4.69) is 15.3 Å². The fourth-order valence-corrected chi connectivity index (χ4v) is 1.62. The number of hydrogen-bond donors (Lipinski definition) is 1. The zero-order valence-electron chi connectivity index (χ0n) is 10.7. The summed E-state index contributed by atoms with van der Waals surface area (Å²) in [4.78, 5) is 19.8. The normalized spacial score (nSPS) is 9.95. The number of anilines is 1. The van der Waals surface area contributed by atoms with Crippen LogP contribution in [0.25, 0.3) is 0 Å². The highest BCUT2D eigenvalue weighted by Gasteiger charge is 2.04. The predicted molar refractivity (Wildman–Crippen MR) is 72.0 cm³/mol. The van der Waals surface area contributed by atoms with Crippen LogP contribution >= 0.6 is 0 Å². The van der Waals surface area contributed by atoms with Crippen molar-refractivity contribution in [2.45, 2.75) is 12.8 Å². The second-order valence-corrected chi connectivity index (χ2v) is 3.98. The van der Waals surface area contributed by atoms with Gasteiger partial charge in [0.15, 0.2) is 0 Å². The Balaban J connectivity index is 1.87. The van der Waals surface area contributed by atoms with E-state index in [0.29, 0.717) is 24.4 Å². The van der Waals surface area contributed by atoms with Crippen molar-refractivity contribution in [3.05, 3.63) is 48.4 Å². The average Bonchev–Trinajstić information content (AvgIpc) is 2.46. The van der Waals surface area contributed by atoms with Gasteiger partial charge in [0.05, 0.1) is 7.11 Å². The van der Waals surface area contributed by atoms with Crippen LogP contribution in [0.2, 0.25) is 0 Å².